The number of carbonyl (C=O) groups is 1. The first-order chi connectivity index (χ1) is 17.1. The summed E-state index contributed by atoms with van der Waals surface area (Å²) in [5, 5.41) is 11.8. The molecule has 0 saturated carbocycles. The minimum atomic E-state index is -0.118. The number of fused-ring (bicyclic) bond motifs is 2. The molecular weight excluding hydrogens is 438 g/mol. The lowest BCUT2D eigenvalue weighted by Gasteiger charge is -2.17. The Balaban J connectivity index is 1.19. The van der Waals surface area contributed by atoms with Gasteiger partial charge in [0.25, 0.3) is 0 Å². The number of aromatic hydroxyl groups is 1. The highest BCUT2D eigenvalue weighted by atomic mass is 16.5. The monoisotopic (exact) mass is 465 g/mol. The molecule has 0 spiro atoms. The molecule has 1 heterocycles. The van der Waals surface area contributed by atoms with Crippen LogP contribution in [0.25, 0.3) is 16.8 Å². The van der Waals surface area contributed by atoms with Crippen molar-refractivity contribution in [2.45, 2.75) is 13.0 Å². The van der Waals surface area contributed by atoms with Crippen molar-refractivity contribution in [2.75, 3.05) is 20.2 Å². The molecule has 5 rings (SSSR count). The predicted octanol–water partition coefficient (Wildman–Crippen LogP) is 6.06. The number of ketones is 1. The first-order valence-corrected chi connectivity index (χ1v) is 11.7. The first kappa shape index (κ1) is 22.7. The summed E-state index contributed by atoms with van der Waals surface area (Å²) in [7, 11) is 2.04. The van der Waals surface area contributed by atoms with E-state index in [0.717, 1.165) is 41.4 Å². The third-order valence-corrected chi connectivity index (χ3v) is 6.07. The number of phenols is 1. The van der Waals surface area contributed by atoms with Gasteiger partial charge < -0.3 is 19.5 Å². The fourth-order valence-corrected chi connectivity index (χ4v) is 4.34. The van der Waals surface area contributed by atoms with Crippen molar-refractivity contribution in [3.05, 3.63) is 107 Å². The minimum absolute atomic E-state index is 0.118. The molecule has 0 bridgehead atoms. The lowest BCUT2D eigenvalue weighted by Crippen LogP contribution is -2.20. The van der Waals surface area contributed by atoms with Crippen LogP contribution in [-0.4, -0.2) is 36.0 Å². The third-order valence-electron chi connectivity index (χ3n) is 6.07. The number of hydrogen-bond donors (Lipinski definition) is 1. The van der Waals surface area contributed by atoms with E-state index in [1.807, 2.05) is 61.7 Å². The molecular formula is C30H27NO4. The summed E-state index contributed by atoms with van der Waals surface area (Å²) in [6.45, 7) is 2.17. The first-order valence-electron chi connectivity index (χ1n) is 11.7. The van der Waals surface area contributed by atoms with Gasteiger partial charge in [-0.05, 0) is 65.7 Å². The summed E-state index contributed by atoms with van der Waals surface area (Å²) in [4.78, 5) is 15.1. The third kappa shape index (κ3) is 5.20. The molecule has 0 unspecified atom stereocenters. The van der Waals surface area contributed by atoms with Gasteiger partial charge in [-0.1, -0.05) is 54.6 Å². The van der Waals surface area contributed by atoms with Crippen molar-refractivity contribution in [2.24, 2.45) is 0 Å². The molecule has 1 aliphatic rings. The van der Waals surface area contributed by atoms with E-state index in [-0.39, 0.29) is 11.5 Å². The van der Waals surface area contributed by atoms with Crippen LogP contribution in [0.1, 0.15) is 27.9 Å². The average Bonchev–Trinajstić information content (AvgIpc) is 3.16. The highest BCUT2D eigenvalue weighted by Crippen LogP contribution is 2.35. The maximum absolute atomic E-state index is 12.9. The summed E-state index contributed by atoms with van der Waals surface area (Å²) < 4.78 is 11.9. The molecule has 0 radical (unpaired) electrons. The topological polar surface area (TPSA) is 59.0 Å². The number of ether oxygens (including phenoxy) is 2. The van der Waals surface area contributed by atoms with Crippen LogP contribution in [0.4, 0.5) is 0 Å². The number of carbonyl (C=O) groups excluding carboxylic acids is 1. The van der Waals surface area contributed by atoms with Crippen LogP contribution < -0.4 is 9.47 Å². The molecule has 176 valence electrons. The van der Waals surface area contributed by atoms with Crippen LogP contribution in [-0.2, 0) is 6.54 Å². The van der Waals surface area contributed by atoms with Gasteiger partial charge in [0.2, 0.25) is 5.78 Å². The normalized spacial score (nSPS) is 13.9. The molecule has 5 heteroatoms. The van der Waals surface area contributed by atoms with E-state index >= 15 is 0 Å². The zero-order valence-electron chi connectivity index (χ0n) is 19.6. The van der Waals surface area contributed by atoms with Gasteiger partial charge in [-0.25, -0.2) is 0 Å². The van der Waals surface area contributed by atoms with Crippen molar-refractivity contribution in [1.29, 1.82) is 0 Å². The largest absolute Gasteiger partial charge is 0.508 e. The number of hydrogen-bond acceptors (Lipinski definition) is 5. The van der Waals surface area contributed by atoms with Crippen LogP contribution >= 0.6 is 0 Å². The number of allylic oxidation sites excluding steroid dienone is 1. The maximum atomic E-state index is 12.9. The second kappa shape index (κ2) is 10.0. The molecule has 1 N–H and O–H groups in total. The van der Waals surface area contributed by atoms with Crippen LogP contribution in [0.2, 0.25) is 0 Å². The number of Topliss-reactive ketones (excluding diaryl/α,β-unsaturated/α-hetero) is 1. The van der Waals surface area contributed by atoms with Gasteiger partial charge in [0.05, 0.1) is 12.2 Å². The van der Waals surface area contributed by atoms with Gasteiger partial charge >= 0.3 is 0 Å². The van der Waals surface area contributed by atoms with E-state index in [9.17, 15) is 9.90 Å². The number of rotatable bonds is 8. The van der Waals surface area contributed by atoms with E-state index in [2.05, 4.69) is 17.0 Å². The number of benzene rings is 4. The van der Waals surface area contributed by atoms with Crippen molar-refractivity contribution in [3.63, 3.8) is 0 Å². The van der Waals surface area contributed by atoms with E-state index < -0.39 is 0 Å². The Labute approximate surface area is 204 Å². The molecule has 35 heavy (non-hydrogen) atoms. The quantitative estimate of drug-likeness (QED) is 0.253. The van der Waals surface area contributed by atoms with Gasteiger partial charge in [-0.2, -0.15) is 0 Å². The Morgan fingerprint density at radius 2 is 1.80 bits per heavy atom. The summed E-state index contributed by atoms with van der Waals surface area (Å²) >= 11 is 0. The van der Waals surface area contributed by atoms with Gasteiger partial charge in [0, 0.05) is 19.2 Å². The molecule has 0 saturated heterocycles. The molecule has 4 aromatic rings. The van der Waals surface area contributed by atoms with Crippen LogP contribution in [0, 0.1) is 0 Å². The van der Waals surface area contributed by atoms with Crippen molar-refractivity contribution < 1.29 is 19.4 Å². The molecule has 0 aliphatic carbocycles. The van der Waals surface area contributed by atoms with Gasteiger partial charge in [0.1, 0.15) is 17.2 Å². The number of nitrogens with zero attached hydrogens (tertiary/aromatic N) is 1. The van der Waals surface area contributed by atoms with E-state index in [1.165, 1.54) is 0 Å². The lowest BCUT2D eigenvalue weighted by molar-refractivity contribution is 0.101. The SMILES string of the molecule is CN(CCCOc1ccc2c(c1)O/C(=C\c1cccc3ccccc13)C2=O)Cc1cccc(O)c1. The lowest BCUT2D eigenvalue weighted by atomic mass is 10.0. The van der Waals surface area contributed by atoms with Crippen molar-refractivity contribution in [3.8, 4) is 17.2 Å². The zero-order valence-corrected chi connectivity index (χ0v) is 19.6. The summed E-state index contributed by atoms with van der Waals surface area (Å²) in [6.07, 6.45) is 2.66. The smallest absolute Gasteiger partial charge is 0.231 e. The molecule has 0 aromatic heterocycles. The molecule has 0 fully saturated rings. The second-order valence-corrected chi connectivity index (χ2v) is 8.78. The van der Waals surface area contributed by atoms with E-state index in [1.54, 1.807) is 24.3 Å². The maximum Gasteiger partial charge on any atom is 0.231 e. The Morgan fingerprint density at radius 3 is 2.69 bits per heavy atom. The minimum Gasteiger partial charge on any atom is -0.508 e. The van der Waals surface area contributed by atoms with Crippen molar-refractivity contribution in [1.82, 2.24) is 4.90 Å². The average molecular weight is 466 g/mol. The van der Waals surface area contributed by atoms with Gasteiger partial charge in [-0.15, -0.1) is 0 Å². The van der Waals surface area contributed by atoms with Gasteiger partial charge in [-0.3, -0.25) is 4.79 Å². The fraction of sp³-hybridized carbons (Fsp3) is 0.167. The molecule has 0 atom stereocenters. The Bertz CT molecular complexity index is 1400. The fourth-order valence-electron chi connectivity index (χ4n) is 4.34. The summed E-state index contributed by atoms with van der Waals surface area (Å²) in [5.41, 5.74) is 2.57. The van der Waals surface area contributed by atoms with E-state index in [0.29, 0.717) is 29.4 Å². The highest BCUT2D eigenvalue weighted by molar-refractivity contribution is 6.15. The van der Waals surface area contributed by atoms with Crippen LogP contribution in [0.3, 0.4) is 0 Å². The van der Waals surface area contributed by atoms with Crippen LogP contribution in [0.15, 0.2) is 90.7 Å². The number of phenolic OH excluding ortho intramolecular Hbond substituents is 1. The molecule has 0 amide bonds. The summed E-state index contributed by atoms with van der Waals surface area (Å²) in [5.74, 6) is 1.69. The standard InChI is InChI=1S/C30H27NO4/c1-31(20-21-7-4-11-24(32)17-21)15-6-16-34-25-13-14-27-28(19-25)35-29(30(27)33)18-23-10-5-9-22-8-2-3-12-26(22)23/h2-5,7-14,17-19,32H,6,15-16,20H2,1H3/b29-18-. The Kier molecular flexibility index (Phi) is 6.51. The molecule has 5 nitrogen and oxygen atoms in total. The second-order valence-electron chi connectivity index (χ2n) is 8.78. The molecule has 4 aromatic carbocycles. The van der Waals surface area contributed by atoms with Crippen LogP contribution in [0.5, 0.6) is 17.2 Å². The predicted molar refractivity (Wildman–Crippen MR) is 138 cm³/mol. The van der Waals surface area contributed by atoms with Crippen molar-refractivity contribution >= 4 is 22.6 Å². The molecule has 1 aliphatic heterocycles. The Hall–Kier alpha value is -4.09. The summed E-state index contributed by atoms with van der Waals surface area (Å²) in [6, 6.07) is 26.8. The zero-order chi connectivity index (χ0) is 24.2. The highest BCUT2D eigenvalue weighted by Gasteiger charge is 2.28. The van der Waals surface area contributed by atoms with Gasteiger partial charge in [0.15, 0.2) is 5.76 Å². The Morgan fingerprint density at radius 1 is 0.971 bits per heavy atom. The van der Waals surface area contributed by atoms with E-state index in [4.69, 9.17) is 9.47 Å².